The number of esters is 2. The fourth-order valence-electron chi connectivity index (χ4n) is 5.12. The molecule has 0 aromatic rings. The molecule has 3 atom stereocenters. The van der Waals surface area contributed by atoms with Crippen molar-refractivity contribution in [2.24, 2.45) is 5.92 Å². The van der Waals surface area contributed by atoms with E-state index in [1.807, 2.05) is 0 Å². The molecular weight excluding hydrogens is 552 g/mol. The van der Waals surface area contributed by atoms with Crippen molar-refractivity contribution in [2.45, 2.75) is 174 Å². The van der Waals surface area contributed by atoms with E-state index in [-0.39, 0.29) is 25.2 Å². The Labute approximate surface area is 270 Å². The zero-order chi connectivity index (χ0) is 32.1. The first kappa shape index (κ1) is 40.1. The van der Waals surface area contributed by atoms with Gasteiger partial charge in [0, 0.05) is 12.8 Å². The van der Waals surface area contributed by atoms with Crippen molar-refractivity contribution >= 4 is 11.9 Å². The lowest BCUT2D eigenvalue weighted by atomic mass is 10.0. The highest BCUT2D eigenvalue weighted by molar-refractivity contribution is 5.70. The molecule has 0 spiro atoms. The summed E-state index contributed by atoms with van der Waals surface area (Å²) in [4.78, 5) is 24.2. The molecule has 0 radical (unpaired) electrons. The van der Waals surface area contributed by atoms with Gasteiger partial charge in [0.15, 0.2) is 6.10 Å². The maximum atomic E-state index is 12.1. The molecular formula is C38H66O6. The number of epoxide rings is 1. The Kier molecular flexibility index (Phi) is 26.0. The number of unbranched alkanes of at least 4 members (excludes halogenated alkanes) is 12. The van der Waals surface area contributed by atoms with Gasteiger partial charge in [0.25, 0.3) is 0 Å². The highest BCUT2D eigenvalue weighted by Gasteiger charge is 2.35. The molecule has 1 N–H and O–H groups in total. The largest absolute Gasteiger partial charge is 0.462 e. The van der Waals surface area contributed by atoms with Gasteiger partial charge in [-0.05, 0) is 57.3 Å². The van der Waals surface area contributed by atoms with Crippen LogP contribution in [-0.4, -0.2) is 48.6 Å². The van der Waals surface area contributed by atoms with Crippen molar-refractivity contribution in [1.29, 1.82) is 0 Å². The van der Waals surface area contributed by atoms with Crippen molar-refractivity contribution in [3.8, 4) is 0 Å². The van der Waals surface area contributed by atoms with Crippen LogP contribution in [0.4, 0.5) is 0 Å². The lowest BCUT2D eigenvalue weighted by Crippen LogP contribution is -2.28. The van der Waals surface area contributed by atoms with Gasteiger partial charge in [-0.25, -0.2) is 0 Å². The second kappa shape index (κ2) is 28.5. The van der Waals surface area contributed by atoms with Gasteiger partial charge in [0.2, 0.25) is 0 Å². The van der Waals surface area contributed by atoms with Gasteiger partial charge in [-0.1, -0.05) is 128 Å². The molecule has 0 aliphatic carbocycles. The third kappa shape index (κ3) is 25.4. The molecule has 1 aliphatic heterocycles. The quantitative estimate of drug-likeness (QED) is 0.0373. The molecule has 0 bridgehead atoms. The van der Waals surface area contributed by atoms with E-state index in [4.69, 9.17) is 14.2 Å². The van der Waals surface area contributed by atoms with Crippen molar-refractivity contribution in [3.63, 3.8) is 0 Å². The van der Waals surface area contributed by atoms with Gasteiger partial charge >= 0.3 is 11.9 Å². The van der Waals surface area contributed by atoms with Crippen LogP contribution >= 0.6 is 0 Å². The lowest BCUT2D eigenvalue weighted by molar-refractivity contribution is -0.161. The molecule has 0 saturated carbocycles. The SMILES string of the molecule is CCCCC/C=C\C/C=C\CC1OC1C/C=C\CCCC(=O)OC[C@H](CO)OC(=O)CCCCCCCCCCCC(C)C. The van der Waals surface area contributed by atoms with Crippen molar-refractivity contribution in [2.75, 3.05) is 13.2 Å². The van der Waals surface area contributed by atoms with Gasteiger partial charge < -0.3 is 19.3 Å². The Balaban J connectivity index is 1.96. The Morgan fingerprint density at radius 2 is 1.27 bits per heavy atom. The maximum Gasteiger partial charge on any atom is 0.306 e. The highest BCUT2D eigenvalue weighted by atomic mass is 16.6. The minimum atomic E-state index is -0.796. The number of hydrogen-bond donors (Lipinski definition) is 1. The summed E-state index contributed by atoms with van der Waals surface area (Å²) >= 11 is 0. The molecule has 2 unspecified atom stereocenters. The van der Waals surface area contributed by atoms with Crippen LogP contribution in [0.5, 0.6) is 0 Å². The molecule has 1 rings (SSSR count). The summed E-state index contributed by atoms with van der Waals surface area (Å²) in [5.41, 5.74) is 0. The predicted octanol–water partition coefficient (Wildman–Crippen LogP) is 9.74. The fraction of sp³-hybridized carbons (Fsp3) is 0.789. The summed E-state index contributed by atoms with van der Waals surface area (Å²) in [6.45, 7) is 6.35. The smallest absolute Gasteiger partial charge is 0.306 e. The average Bonchev–Trinajstić information content (AvgIpc) is 3.76. The van der Waals surface area contributed by atoms with Gasteiger partial charge in [0.05, 0.1) is 18.8 Å². The number of hydrogen-bond acceptors (Lipinski definition) is 6. The molecule has 0 amide bonds. The first-order valence-electron chi connectivity index (χ1n) is 18.0. The third-order valence-corrected chi connectivity index (χ3v) is 8.02. The van der Waals surface area contributed by atoms with E-state index in [1.54, 1.807) is 0 Å². The molecule has 6 heteroatoms. The van der Waals surface area contributed by atoms with Gasteiger partial charge in [-0.2, -0.15) is 0 Å². The number of aliphatic hydroxyl groups excluding tert-OH is 1. The Morgan fingerprint density at radius 1 is 0.705 bits per heavy atom. The summed E-state index contributed by atoms with van der Waals surface area (Å²) in [5, 5.41) is 9.52. The standard InChI is InChI=1S/C38H66O6/c1-4-5-6-7-8-10-14-17-22-27-35-36(44-35)28-23-19-20-24-29-37(40)42-32-34(31-39)43-38(41)30-25-18-15-12-9-11-13-16-21-26-33(2)3/h8,10,17,19,22-23,33-36,39H,4-7,9,11-16,18,20-21,24-32H2,1-3H3/b10-8-,22-17-,23-19-/t34-,35?,36?/m0/s1. The second-order valence-electron chi connectivity index (χ2n) is 12.8. The van der Waals surface area contributed by atoms with E-state index in [9.17, 15) is 14.7 Å². The molecule has 1 heterocycles. The Bertz CT molecular complexity index is 786. The summed E-state index contributed by atoms with van der Waals surface area (Å²) in [5.74, 6) is 0.143. The summed E-state index contributed by atoms with van der Waals surface area (Å²) in [6.07, 6.45) is 35.2. The van der Waals surface area contributed by atoms with Crippen LogP contribution in [0.2, 0.25) is 0 Å². The Morgan fingerprint density at radius 3 is 1.93 bits per heavy atom. The summed E-state index contributed by atoms with van der Waals surface area (Å²) < 4.78 is 16.3. The molecule has 6 nitrogen and oxygen atoms in total. The molecule has 0 aromatic carbocycles. The number of carbonyl (C=O) groups is 2. The van der Waals surface area contributed by atoms with E-state index in [2.05, 4.69) is 57.2 Å². The fourth-order valence-corrected chi connectivity index (χ4v) is 5.12. The number of rotatable bonds is 30. The number of aliphatic hydroxyl groups is 1. The van der Waals surface area contributed by atoms with Crippen LogP contribution in [-0.2, 0) is 23.8 Å². The maximum absolute atomic E-state index is 12.1. The van der Waals surface area contributed by atoms with E-state index >= 15 is 0 Å². The zero-order valence-electron chi connectivity index (χ0n) is 28.5. The minimum absolute atomic E-state index is 0.0990. The van der Waals surface area contributed by atoms with Crippen LogP contribution in [0.25, 0.3) is 0 Å². The van der Waals surface area contributed by atoms with Crippen LogP contribution in [0.1, 0.15) is 156 Å². The normalized spacial score (nSPS) is 17.3. The monoisotopic (exact) mass is 618 g/mol. The van der Waals surface area contributed by atoms with E-state index in [0.29, 0.717) is 31.5 Å². The average molecular weight is 619 g/mol. The second-order valence-corrected chi connectivity index (χ2v) is 12.8. The van der Waals surface area contributed by atoms with Crippen LogP contribution in [0.3, 0.4) is 0 Å². The summed E-state index contributed by atoms with van der Waals surface area (Å²) in [6, 6.07) is 0. The van der Waals surface area contributed by atoms with Crippen LogP contribution < -0.4 is 0 Å². The number of ether oxygens (including phenoxy) is 3. The molecule has 0 aromatic heterocycles. The molecule has 254 valence electrons. The minimum Gasteiger partial charge on any atom is -0.462 e. The number of carbonyl (C=O) groups excluding carboxylic acids is 2. The molecule has 1 aliphatic rings. The summed E-state index contributed by atoms with van der Waals surface area (Å²) in [7, 11) is 0. The van der Waals surface area contributed by atoms with Gasteiger partial charge in [0.1, 0.15) is 6.61 Å². The van der Waals surface area contributed by atoms with Crippen LogP contribution in [0, 0.1) is 5.92 Å². The van der Waals surface area contributed by atoms with E-state index in [1.165, 1.54) is 70.6 Å². The number of allylic oxidation sites excluding steroid dienone is 4. The third-order valence-electron chi connectivity index (χ3n) is 8.02. The first-order valence-corrected chi connectivity index (χ1v) is 18.0. The van der Waals surface area contributed by atoms with Crippen molar-refractivity contribution in [1.82, 2.24) is 0 Å². The van der Waals surface area contributed by atoms with Crippen molar-refractivity contribution in [3.05, 3.63) is 36.5 Å². The van der Waals surface area contributed by atoms with Crippen molar-refractivity contribution < 1.29 is 28.9 Å². The van der Waals surface area contributed by atoms with Gasteiger partial charge in [-0.3, -0.25) is 9.59 Å². The molecule has 1 fully saturated rings. The lowest BCUT2D eigenvalue weighted by Gasteiger charge is -2.15. The van der Waals surface area contributed by atoms with Crippen LogP contribution in [0.15, 0.2) is 36.5 Å². The molecule has 44 heavy (non-hydrogen) atoms. The zero-order valence-corrected chi connectivity index (χ0v) is 28.5. The molecule has 1 saturated heterocycles. The van der Waals surface area contributed by atoms with E-state index in [0.717, 1.165) is 50.9 Å². The van der Waals surface area contributed by atoms with E-state index < -0.39 is 6.10 Å². The Hall–Kier alpha value is -1.92. The highest BCUT2D eigenvalue weighted by Crippen LogP contribution is 2.29. The predicted molar refractivity (Wildman–Crippen MR) is 181 cm³/mol. The first-order chi connectivity index (χ1) is 21.5. The topological polar surface area (TPSA) is 85.4 Å². The van der Waals surface area contributed by atoms with Gasteiger partial charge in [-0.15, -0.1) is 0 Å².